The maximum Gasteiger partial charge on any atom is 0.223 e. The minimum atomic E-state index is -0.170. The van der Waals surface area contributed by atoms with Crippen LogP contribution in [0.5, 0.6) is 0 Å². The number of amides is 2. The predicted octanol–water partition coefficient (Wildman–Crippen LogP) is 1.34. The number of rotatable bonds is 5. The zero-order valence-electron chi connectivity index (χ0n) is 14.4. The molecule has 1 aromatic rings. The molecule has 0 spiro atoms. The fraction of sp³-hybridized carbons (Fsp3) is 0.579. The maximum atomic E-state index is 12.3. The molecule has 2 N–H and O–H groups in total. The van der Waals surface area contributed by atoms with Gasteiger partial charge in [-0.1, -0.05) is 24.3 Å². The van der Waals surface area contributed by atoms with Crippen LogP contribution in [0.3, 0.4) is 0 Å². The van der Waals surface area contributed by atoms with E-state index < -0.39 is 0 Å². The smallest absolute Gasteiger partial charge is 0.223 e. The van der Waals surface area contributed by atoms with E-state index in [1.54, 1.807) is 0 Å². The third-order valence-corrected chi connectivity index (χ3v) is 5.53. The number of hydrogen-bond donors (Lipinski definition) is 1. The highest BCUT2D eigenvalue weighted by Crippen LogP contribution is 2.23. The van der Waals surface area contributed by atoms with Gasteiger partial charge < -0.3 is 10.6 Å². The van der Waals surface area contributed by atoms with E-state index in [0.717, 1.165) is 45.4 Å². The van der Waals surface area contributed by atoms with Crippen molar-refractivity contribution in [3.8, 4) is 0 Å². The van der Waals surface area contributed by atoms with Crippen LogP contribution in [0, 0.1) is 12.8 Å². The van der Waals surface area contributed by atoms with Gasteiger partial charge in [-0.2, -0.15) is 0 Å². The Labute approximate surface area is 143 Å². The summed E-state index contributed by atoms with van der Waals surface area (Å²) in [5, 5.41) is 0. The number of carbonyl (C=O) groups excluding carboxylic acids is 2. The predicted molar refractivity (Wildman–Crippen MR) is 93.4 cm³/mol. The first-order chi connectivity index (χ1) is 11.5. The fourth-order valence-electron chi connectivity index (χ4n) is 3.73. The largest absolute Gasteiger partial charge is 0.369 e. The van der Waals surface area contributed by atoms with Gasteiger partial charge in [0, 0.05) is 31.5 Å². The van der Waals surface area contributed by atoms with Crippen LogP contribution in [0.25, 0.3) is 0 Å². The van der Waals surface area contributed by atoms with Crippen LogP contribution in [-0.4, -0.2) is 53.8 Å². The van der Waals surface area contributed by atoms with E-state index in [1.165, 1.54) is 11.1 Å². The van der Waals surface area contributed by atoms with Gasteiger partial charge in [-0.3, -0.25) is 14.5 Å². The molecule has 0 aromatic heterocycles. The zero-order chi connectivity index (χ0) is 17.1. The van der Waals surface area contributed by atoms with Gasteiger partial charge in [0.15, 0.2) is 0 Å². The Morgan fingerprint density at radius 1 is 1.17 bits per heavy atom. The molecule has 0 unspecified atom stereocenters. The fourth-order valence-corrected chi connectivity index (χ4v) is 3.73. The van der Waals surface area contributed by atoms with Crippen molar-refractivity contribution < 1.29 is 9.59 Å². The van der Waals surface area contributed by atoms with Crippen LogP contribution in [0.1, 0.15) is 30.4 Å². The molecule has 2 aliphatic rings. The number of nitrogens with zero attached hydrogens (tertiary/aromatic N) is 2. The van der Waals surface area contributed by atoms with E-state index in [9.17, 15) is 9.59 Å². The molecule has 2 heterocycles. The van der Waals surface area contributed by atoms with Crippen molar-refractivity contribution >= 4 is 11.8 Å². The number of nitrogens with two attached hydrogens (primary N) is 1. The summed E-state index contributed by atoms with van der Waals surface area (Å²) < 4.78 is 0. The molecule has 3 rings (SSSR count). The minimum absolute atomic E-state index is 0.0353. The Balaban J connectivity index is 1.39. The second kappa shape index (κ2) is 7.34. The number of piperidine rings is 1. The lowest BCUT2D eigenvalue weighted by atomic mass is 9.93. The van der Waals surface area contributed by atoms with Crippen molar-refractivity contribution in [1.29, 1.82) is 0 Å². The molecule has 24 heavy (non-hydrogen) atoms. The standard InChI is InChI=1S/C19H27N3O2/c1-14-4-2-3-5-15(14)6-7-18(23)22-12-17(13-22)21-10-8-16(9-11-21)19(20)24/h2-5,16-17H,6-13H2,1H3,(H2,20,24). The molecule has 2 amide bonds. The molecule has 2 aliphatic heterocycles. The summed E-state index contributed by atoms with van der Waals surface area (Å²) in [6.45, 7) is 5.59. The van der Waals surface area contributed by atoms with E-state index in [-0.39, 0.29) is 17.7 Å². The van der Waals surface area contributed by atoms with Crippen LogP contribution < -0.4 is 5.73 Å². The molecule has 130 valence electrons. The van der Waals surface area contributed by atoms with Gasteiger partial charge in [0.25, 0.3) is 0 Å². The number of benzene rings is 1. The highest BCUT2D eigenvalue weighted by Gasteiger charge is 2.36. The molecule has 0 bridgehead atoms. The molecular weight excluding hydrogens is 302 g/mol. The number of carbonyl (C=O) groups is 2. The molecule has 5 heteroatoms. The van der Waals surface area contributed by atoms with E-state index in [0.29, 0.717) is 12.5 Å². The molecule has 1 aromatic carbocycles. The van der Waals surface area contributed by atoms with Crippen LogP contribution in [0.15, 0.2) is 24.3 Å². The Morgan fingerprint density at radius 3 is 2.46 bits per heavy atom. The second-order valence-corrected chi connectivity index (χ2v) is 7.09. The van der Waals surface area contributed by atoms with Gasteiger partial charge in [-0.25, -0.2) is 0 Å². The zero-order valence-corrected chi connectivity index (χ0v) is 14.4. The van der Waals surface area contributed by atoms with Crippen molar-refractivity contribution in [3.05, 3.63) is 35.4 Å². The van der Waals surface area contributed by atoms with Crippen LogP contribution in [-0.2, 0) is 16.0 Å². The summed E-state index contributed by atoms with van der Waals surface area (Å²) in [5.41, 5.74) is 7.89. The summed E-state index contributed by atoms with van der Waals surface area (Å²) in [5.74, 6) is 0.117. The summed E-state index contributed by atoms with van der Waals surface area (Å²) >= 11 is 0. The lowest BCUT2D eigenvalue weighted by Gasteiger charge is -2.47. The first-order valence-corrected chi connectivity index (χ1v) is 8.90. The Bertz CT molecular complexity index is 602. The van der Waals surface area contributed by atoms with Crippen molar-refractivity contribution in [2.45, 2.75) is 38.6 Å². The van der Waals surface area contributed by atoms with E-state index >= 15 is 0 Å². The molecule has 2 saturated heterocycles. The van der Waals surface area contributed by atoms with Crippen LogP contribution in [0.4, 0.5) is 0 Å². The Morgan fingerprint density at radius 2 is 1.83 bits per heavy atom. The SMILES string of the molecule is Cc1ccccc1CCC(=O)N1CC(N2CCC(C(N)=O)CC2)C1. The van der Waals surface area contributed by atoms with Crippen LogP contribution >= 0.6 is 0 Å². The van der Waals surface area contributed by atoms with Gasteiger partial charge in [-0.15, -0.1) is 0 Å². The summed E-state index contributed by atoms with van der Waals surface area (Å²) in [7, 11) is 0. The Hall–Kier alpha value is -1.88. The van der Waals surface area contributed by atoms with Crippen molar-refractivity contribution in [1.82, 2.24) is 9.80 Å². The quantitative estimate of drug-likeness (QED) is 0.886. The molecule has 5 nitrogen and oxygen atoms in total. The maximum absolute atomic E-state index is 12.3. The second-order valence-electron chi connectivity index (χ2n) is 7.09. The normalized spacial score (nSPS) is 20.0. The minimum Gasteiger partial charge on any atom is -0.369 e. The number of likely N-dealkylation sites (tertiary alicyclic amines) is 2. The van der Waals surface area contributed by atoms with E-state index in [2.05, 4.69) is 24.0 Å². The number of aryl methyl sites for hydroxylation is 2. The first kappa shape index (κ1) is 17.0. The van der Waals surface area contributed by atoms with Gasteiger partial charge in [0.1, 0.15) is 0 Å². The third-order valence-electron chi connectivity index (χ3n) is 5.53. The Kier molecular flexibility index (Phi) is 5.19. The molecule has 0 atom stereocenters. The molecule has 0 radical (unpaired) electrons. The molecule has 0 saturated carbocycles. The highest BCUT2D eigenvalue weighted by atomic mass is 16.2. The van der Waals surface area contributed by atoms with E-state index in [1.807, 2.05) is 17.0 Å². The monoisotopic (exact) mass is 329 g/mol. The van der Waals surface area contributed by atoms with Crippen molar-refractivity contribution in [3.63, 3.8) is 0 Å². The highest BCUT2D eigenvalue weighted by molar-refractivity contribution is 5.77. The van der Waals surface area contributed by atoms with E-state index in [4.69, 9.17) is 5.73 Å². The van der Waals surface area contributed by atoms with Gasteiger partial charge in [-0.05, 0) is 50.4 Å². The molecule has 0 aliphatic carbocycles. The number of hydrogen-bond acceptors (Lipinski definition) is 3. The van der Waals surface area contributed by atoms with Crippen molar-refractivity contribution in [2.24, 2.45) is 11.7 Å². The number of primary amides is 1. The first-order valence-electron chi connectivity index (χ1n) is 8.90. The average molecular weight is 329 g/mol. The van der Waals surface area contributed by atoms with Gasteiger partial charge >= 0.3 is 0 Å². The lowest BCUT2D eigenvalue weighted by Crippen LogP contribution is -2.62. The average Bonchev–Trinajstić information content (AvgIpc) is 2.53. The summed E-state index contributed by atoms with van der Waals surface area (Å²) in [6.07, 6.45) is 3.11. The summed E-state index contributed by atoms with van der Waals surface area (Å²) in [6, 6.07) is 8.71. The van der Waals surface area contributed by atoms with Gasteiger partial charge in [0.2, 0.25) is 11.8 Å². The van der Waals surface area contributed by atoms with Crippen LogP contribution in [0.2, 0.25) is 0 Å². The lowest BCUT2D eigenvalue weighted by molar-refractivity contribution is -0.139. The molecular formula is C19H27N3O2. The van der Waals surface area contributed by atoms with Crippen molar-refractivity contribution in [2.75, 3.05) is 26.2 Å². The summed E-state index contributed by atoms with van der Waals surface area (Å²) in [4.78, 5) is 27.9. The topological polar surface area (TPSA) is 66.6 Å². The van der Waals surface area contributed by atoms with Gasteiger partial charge in [0.05, 0.1) is 0 Å². The third kappa shape index (κ3) is 3.78. The molecule has 2 fully saturated rings.